The Kier molecular flexibility index (Phi) is 15.8. The van der Waals surface area contributed by atoms with Crippen molar-refractivity contribution in [3.63, 3.8) is 0 Å². The van der Waals surface area contributed by atoms with Crippen molar-refractivity contribution in [2.45, 2.75) is 0 Å². The van der Waals surface area contributed by atoms with Crippen LogP contribution >= 0.6 is 24.8 Å². The molecule has 0 saturated heterocycles. The maximum atomic E-state index is 9.51. The molecule has 0 aliphatic rings. The van der Waals surface area contributed by atoms with Crippen LogP contribution in [0.1, 0.15) is 0 Å². The van der Waals surface area contributed by atoms with Gasteiger partial charge in [-0.15, -0.1) is 24.8 Å². The van der Waals surface area contributed by atoms with Gasteiger partial charge in [-0.2, -0.15) is 16.8 Å². The fourth-order valence-corrected chi connectivity index (χ4v) is 0.632. The molecule has 13 heavy (non-hydrogen) atoms. The van der Waals surface area contributed by atoms with Crippen molar-refractivity contribution in [3.05, 3.63) is 0 Å². The van der Waals surface area contributed by atoms with Gasteiger partial charge in [-0.25, -0.2) is 0 Å². The minimum atomic E-state index is -5.02. The third kappa shape index (κ3) is 24.7. The van der Waals surface area contributed by atoms with Gasteiger partial charge >= 0.3 is 50.4 Å². The summed E-state index contributed by atoms with van der Waals surface area (Å²) in [6.45, 7) is 0. The Morgan fingerprint density at radius 2 is 0.923 bits per heavy atom. The first kappa shape index (κ1) is 23.9. The van der Waals surface area contributed by atoms with Crippen LogP contribution in [0.5, 0.6) is 0 Å². The van der Waals surface area contributed by atoms with Gasteiger partial charge in [0, 0.05) is 0 Å². The monoisotopic (exact) mass is 290 g/mol. The van der Waals surface area contributed by atoms with Crippen LogP contribution in [-0.2, 0) is 29.5 Å². The van der Waals surface area contributed by atoms with E-state index in [1.807, 2.05) is 0 Å². The van der Waals surface area contributed by atoms with E-state index in [-0.39, 0.29) is 54.4 Å². The SMILES string of the molecule is Cl.Cl.O=S(=O)(O)OOS(=O)(=O)O.[NaH]. The Labute approximate surface area is 109 Å². The molecule has 8 nitrogen and oxygen atoms in total. The van der Waals surface area contributed by atoms with E-state index in [1.165, 1.54) is 0 Å². The summed E-state index contributed by atoms with van der Waals surface area (Å²) >= 11 is 0. The summed E-state index contributed by atoms with van der Waals surface area (Å²) < 4.78 is 58.9. The number of halogens is 2. The molecular weight excluding hydrogens is 286 g/mol. The van der Waals surface area contributed by atoms with Gasteiger partial charge in [0.05, 0.1) is 0 Å². The van der Waals surface area contributed by atoms with Crippen LogP contribution in [0.25, 0.3) is 0 Å². The second-order valence-corrected chi connectivity index (χ2v) is 2.97. The molecule has 13 heteroatoms. The van der Waals surface area contributed by atoms with Crippen molar-refractivity contribution in [1.29, 1.82) is 0 Å². The molecule has 0 aromatic rings. The van der Waals surface area contributed by atoms with E-state index in [1.54, 1.807) is 0 Å². The molecule has 0 aromatic heterocycles. The molecule has 2 N–H and O–H groups in total. The number of hydrogen-bond donors (Lipinski definition) is 2. The molecule has 80 valence electrons. The Hall–Kier alpha value is 1.32. The van der Waals surface area contributed by atoms with Gasteiger partial charge in [-0.3, -0.25) is 9.11 Å². The first-order chi connectivity index (χ1) is 4.21. The molecule has 0 heterocycles. The zero-order chi connectivity index (χ0) is 8.41. The van der Waals surface area contributed by atoms with Crippen molar-refractivity contribution in [3.8, 4) is 0 Å². The van der Waals surface area contributed by atoms with Crippen molar-refractivity contribution in [2.75, 3.05) is 0 Å². The fraction of sp³-hybridized carbons (Fsp3) is 0. The van der Waals surface area contributed by atoms with Crippen LogP contribution in [0, 0.1) is 0 Å². The first-order valence-electron chi connectivity index (χ1n) is 1.53. The average molecular weight is 291 g/mol. The van der Waals surface area contributed by atoms with Gasteiger partial charge in [0.25, 0.3) is 0 Å². The van der Waals surface area contributed by atoms with Crippen LogP contribution in [-0.4, -0.2) is 55.5 Å². The van der Waals surface area contributed by atoms with E-state index in [4.69, 9.17) is 9.11 Å². The molecule has 0 amide bonds. The summed E-state index contributed by atoms with van der Waals surface area (Å²) in [5.74, 6) is 0. The molecule has 0 aliphatic heterocycles. The van der Waals surface area contributed by atoms with E-state index < -0.39 is 20.8 Å². The van der Waals surface area contributed by atoms with Crippen molar-refractivity contribution in [2.24, 2.45) is 0 Å². The van der Waals surface area contributed by atoms with E-state index in [9.17, 15) is 16.8 Å². The molecular formula is H5Cl2NaO8S2. The summed E-state index contributed by atoms with van der Waals surface area (Å²) in [4.78, 5) is 0. The molecule has 0 spiro atoms. The van der Waals surface area contributed by atoms with Gasteiger partial charge in [-0.1, -0.05) is 8.67 Å². The van der Waals surface area contributed by atoms with Gasteiger partial charge in [0.1, 0.15) is 0 Å². The molecule has 0 saturated carbocycles. The Morgan fingerprint density at radius 1 is 0.769 bits per heavy atom. The maximum absolute atomic E-state index is 9.51. The van der Waals surface area contributed by atoms with Crippen molar-refractivity contribution in [1.82, 2.24) is 0 Å². The summed E-state index contributed by atoms with van der Waals surface area (Å²) in [5, 5.41) is 0. The summed E-state index contributed by atoms with van der Waals surface area (Å²) in [5.41, 5.74) is 0. The van der Waals surface area contributed by atoms with Gasteiger partial charge < -0.3 is 0 Å². The minimum absolute atomic E-state index is 0. The van der Waals surface area contributed by atoms with Crippen molar-refractivity contribution >= 4 is 75.2 Å². The molecule has 0 radical (unpaired) electrons. The second-order valence-electron chi connectivity index (χ2n) is 0.992. The quantitative estimate of drug-likeness (QED) is 0.285. The third-order valence-corrected chi connectivity index (χ3v) is 0.766. The van der Waals surface area contributed by atoms with E-state index in [2.05, 4.69) is 8.67 Å². The average Bonchev–Trinajstić information content (AvgIpc) is 1.57. The predicted molar refractivity (Wildman–Crippen MR) is 46.9 cm³/mol. The molecule has 0 aliphatic carbocycles. The second kappa shape index (κ2) is 8.61. The third-order valence-electron chi connectivity index (χ3n) is 0.200. The van der Waals surface area contributed by atoms with Crippen LogP contribution in [0.15, 0.2) is 0 Å². The summed E-state index contributed by atoms with van der Waals surface area (Å²) in [7, 11) is -10.0. The summed E-state index contributed by atoms with van der Waals surface area (Å²) in [6.07, 6.45) is 0. The van der Waals surface area contributed by atoms with Crippen LogP contribution in [0.2, 0.25) is 0 Å². The molecule has 0 aromatic carbocycles. The summed E-state index contributed by atoms with van der Waals surface area (Å²) in [6, 6.07) is 0. The van der Waals surface area contributed by atoms with Crippen LogP contribution in [0.4, 0.5) is 0 Å². The fourth-order valence-electron chi connectivity index (χ4n) is 0.0702. The molecule has 0 atom stereocenters. The van der Waals surface area contributed by atoms with Crippen LogP contribution in [0.3, 0.4) is 0 Å². The van der Waals surface area contributed by atoms with Gasteiger partial charge in [0.15, 0.2) is 0 Å². The standard InChI is InChI=1S/2ClH.Na.H2O8S2.H/c;;;1-9(2,3)7-8-10(4,5)6;/h2*1H;;(H,1,2,3)(H,4,5,6);. The molecule has 0 bridgehead atoms. The van der Waals surface area contributed by atoms with Crippen molar-refractivity contribution < 1.29 is 34.6 Å². The Bertz CT molecular complexity index is 256. The zero-order valence-electron chi connectivity index (χ0n) is 4.98. The Morgan fingerprint density at radius 3 is 1.00 bits per heavy atom. The van der Waals surface area contributed by atoms with E-state index >= 15 is 0 Å². The van der Waals surface area contributed by atoms with E-state index in [0.29, 0.717) is 0 Å². The van der Waals surface area contributed by atoms with Gasteiger partial charge in [0.2, 0.25) is 0 Å². The zero-order valence-corrected chi connectivity index (χ0v) is 8.24. The molecule has 0 rings (SSSR count). The van der Waals surface area contributed by atoms with E-state index in [0.717, 1.165) is 0 Å². The number of hydrogen-bond acceptors (Lipinski definition) is 6. The normalized spacial score (nSPS) is 10.3. The predicted octanol–water partition coefficient (Wildman–Crippen LogP) is -1.26. The molecule has 0 fully saturated rings. The van der Waals surface area contributed by atoms with Gasteiger partial charge in [-0.05, 0) is 0 Å². The first-order valence-corrected chi connectivity index (χ1v) is 4.26. The number of rotatable bonds is 3. The topological polar surface area (TPSA) is 127 Å². The Balaban J connectivity index is -0.000000135. The van der Waals surface area contributed by atoms with Crippen LogP contribution < -0.4 is 0 Å². The molecule has 0 unspecified atom stereocenters.